The first-order valence-corrected chi connectivity index (χ1v) is 9.32. The molecule has 0 atom stereocenters. The Morgan fingerprint density at radius 2 is 2.00 bits per heavy atom. The number of amides is 1. The lowest BCUT2D eigenvalue weighted by atomic mass is 10.2. The fraction of sp³-hybridized carbons (Fsp3) is 0.667. The van der Waals surface area contributed by atoms with E-state index in [2.05, 4.69) is 20.5 Å². The van der Waals surface area contributed by atoms with Crippen LogP contribution in [-0.4, -0.2) is 49.5 Å². The van der Waals surface area contributed by atoms with Gasteiger partial charge in [0.15, 0.2) is 11.7 Å². The van der Waals surface area contributed by atoms with E-state index in [0.717, 1.165) is 32.0 Å². The average Bonchev–Trinajstić information content (AvgIpc) is 2.93. The van der Waals surface area contributed by atoms with Crippen molar-refractivity contribution in [2.75, 3.05) is 32.7 Å². The van der Waals surface area contributed by atoms with Gasteiger partial charge in [0.1, 0.15) is 12.3 Å². The van der Waals surface area contributed by atoms with E-state index in [-0.39, 0.29) is 5.76 Å². The van der Waals surface area contributed by atoms with Crippen LogP contribution in [0.1, 0.15) is 55.3 Å². The van der Waals surface area contributed by atoms with Gasteiger partial charge in [-0.1, -0.05) is 12.8 Å². The number of carbonyl (C=O) groups excluding carboxylic acids is 1. The number of nitrogens with zero attached hydrogens (tertiary/aromatic N) is 2. The molecule has 7 heteroatoms. The van der Waals surface area contributed by atoms with Crippen LogP contribution in [0.5, 0.6) is 0 Å². The molecule has 140 valence electrons. The number of nitrogens with two attached hydrogens (primary N) is 1. The SMILES string of the molecule is CCNC(=NCc1ccc(C(N)=O)o1)NCCCN1CCCCCC1. The monoisotopic (exact) mass is 349 g/mol. The van der Waals surface area contributed by atoms with Gasteiger partial charge in [0, 0.05) is 13.1 Å². The summed E-state index contributed by atoms with van der Waals surface area (Å²) in [6.07, 6.45) is 6.49. The Balaban J connectivity index is 1.73. The van der Waals surface area contributed by atoms with Gasteiger partial charge in [-0.25, -0.2) is 4.99 Å². The van der Waals surface area contributed by atoms with Gasteiger partial charge in [0.05, 0.1) is 0 Å². The maximum atomic E-state index is 11.0. The van der Waals surface area contributed by atoms with Crippen molar-refractivity contribution in [3.63, 3.8) is 0 Å². The van der Waals surface area contributed by atoms with Crippen LogP contribution in [0, 0.1) is 0 Å². The first-order valence-electron chi connectivity index (χ1n) is 9.32. The molecule has 1 amide bonds. The Hall–Kier alpha value is -2.02. The van der Waals surface area contributed by atoms with Gasteiger partial charge in [-0.2, -0.15) is 0 Å². The van der Waals surface area contributed by atoms with Crippen LogP contribution < -0.4 is 16.4 Å². The minimum absolute atomic E-state index is 0.167. The van der Waals surface area contributed by atoms with Crippen LogP contribution in [0.2, 0.25) is 0 Å². The zero-order chi connectivity index (χ0) is 17.9. The molecule has 4 N–H and O–H groups in total. The number of rotatable bonds is 8. The average molecular weight is 349 g/mol. The van der Waals surface area contributed by atoms with E-state index >= 15 is 0 Å². The minimum Gasteiger partial charge on any atom is -0.454 e. The third-order valence-corrected chi connectivity index (χ3v) is 4.28. The molecule has 1 saturated heterocycles. The lowest BCUT2D eigenvalue weighted by Crippen LogP contribution is -2.38. The molecular formula is C18H31N5O2. The molecule has 0 unspecified atom stereocenters. The number of aliphatic imine (C=N–C) groups is 1. The summed E-state index contributed by atoms with van der Waals surface area (Å²) in [5.41, 5.74) is 5.19. The summed E-state index contributed by atoms with van der Waals surface area (Å²) < 4.78 is 5.35. The molecule has 0 aromatic carbocycles. The highest BCUT2D eigenvalue weighted by molar-refractivity contribution is 5.89. The van der Waals surface area contributed by atoms with Gasteiger partial charge in [0.2, 0.25) is 0 Å². The molecule has 1 fully saturated rings. The molecule has 7 nitrogen and oxygen atoms in total. The fourth-order valence-corrected chi connectivity index (χ4v) is 2.96. The lowest BCUT2D eigenvalue weighted by molar-refractivity contribution is 0.0972. The number of furan rings is 1. The first kappa shape index (κ1) is 19.3. The van der Waals surface area contributed by atoms with Crippen LogP contribution in [0.25, 0.3) is 0 Å². The fourth-order valence-electron chi connectivity index (χ4n) is 2.96. The van der Waals surface area contributed by atoms with Crippen molar-refractivity contribution in [3.8, 4) is 0 Å². The normalized spacial score (nSPS) is 16.4. The van der Waals surface area contributed by atoms with Crippen molar-refractivity contribution in [3.05, 3.63) is 23.7 Å². The van der Waals surface area contributed by atoms with E-state index in [9.17, 15) is 4.79 Å². The largest absolute Gasteiger partial charge is 0.454 e. The molecule has 1 aromatic rings. The molecule has 0 radical (unpaired) electrons. The highest BCUT2D eigenvalue weighted by Crippen LogP contribution is 2.10. The van der Waals surface area contributed by atoms with E-state index in [1.807, 2.05) is 6.92 Å². The van der Waals surface area contributed by atoms with E-state index in [4.69, 9.17) is 10.2 Å². The van der Waals surface area contributed by atoms with Gasteiger partial charge in [-0.3, -0.25) is 4.79 Å². The summed E-state index contributed by atoms with van der Waals surface area (Å²) in [6.45, 7) is 7.67. The summed E-state index contributed by atoms with van der Waals surface area (Å²) in [6, 6.07) is 3.31. The van der Waals surface area contributed by atoms with E-state index in [0.29, 0.717) is 12.3 Å². The number of carbonyl (C=O) groups is 1. The molecule has 25 heavy (non-hydrogen) atoms. The molecule has 1 aliphatic rings. The summed E-state index contributed by atoms with van der Waals surface area (Å²) in [7, 11) is 0. The summed E-state index contributed by atoms with van der Waals surface area (Å²) >= 11 is 0. The molecule has 0 saturated carbocycles. The smallest absolute Gasteiger partial charge is 0.284 e. The van der Waals surface area contributed by atoms with E-state index in [1.54, 1.807) is 12.1 Å². The molecule has 0 aliphatic carbocycles. The highest BCUT2D eigenvalue weighted by atomic mass is 16.3. The second-order valence-electron chi connectivity index (χ2n) is 6.36. The van der Waals surface area contributed by atoms with Gasteiger partial charge in [0.25, 0.3) is 5.91 Å². The zero-order valence-corrected chi connectivity index (χ0v) is 15.2. The number of primary amides is 1. The number of likely N-dealkylation sites (tertiary alicyclic amines) is 1. The summed E-state index contributed by atoms with van der Waals surface area (Å²) in [4.78, 5) is 18.1. The maximum Gasteiger partial charge on any atom is 0.284 e. The Labute approximate surface area is 150 Å². The Kier molecular flexibility index (Phi) is 8.31. The van der Waals surface area contributed by atoms with E-state index in [1.165, 1.54) is 38.8 Å². The Morgan fingerprint density at radius 3 is 2.64 bits per heavy atom. The van der Waals surface area contributed by atoms with Crippen molar-refractivity contribution in [1.82, 2.24) is 15.5 Å². The summed E-state index contributed by atoms with van der Waals surface area (Å²) in [5, 5.41) is 6.58. The first-order chi connectivity index (χ1) is 12.2. The van der Waals surface area contributed by atoms with E-state index < -0.39 is 5.91 Å². The second kappa shape index (κ2) is 10.8. The van der Waals surface area contributed by atoms with Gasteiger partial charge >= 0.3 is 0 Å². The number of guanidine groups is 1. The molecule has 1 aliphatic heterocycles. The van der Waals surface area contributed by atoms with Crippen molar-refractivity contribution in [1.29, 1.82) is 0 Å². The van der Waals surface area contributed by atoms with Gasteiger partial charge < -0.3 is 25.7 Å². The lowest BCUT2D eigenvalue weighted by Gasteiger charge is -2.20. The molecule has 0 spiro atoms. The predicted molar refractivity (Wildman–Crippen MR) is 99.6 cm³/mol. The van der Waals surface area contributed by atoms with Gasteiger partial charge in [-0.15, -0.1) is 0 Å². The predicted octanol–water partition coefficient (Wildman–Crippen LogP) is 1.70. The van der Waals surface area contributed by atoms with Crippen molar-refractivity contribution in [2.24, 2.45) is 10.7 Å². The van der Waals surface area contributed by atoms with Crippen LogP contribution in [-0.2, 0) is 6.54 Å². The topological polar surface area (TPSA) is 95.9 Å². The van der Waals surface area contributed by atoms with Crippen LogP contribution in [0.15, 0.2) is 21.5 Å². The summed E-state index contributed by atoms with van der Waals surface area (Å²) in [5.74, 6) is 0.986. The molecular weight excluding hydrogens is 318 g/mol. The van der Waals surface area contributed by atoms with Crippen molar-refractivity contribution >= 4 is 11.9 Å². The van der Waals surface area contributed by atoms with Crippen molar-refractivity contribution < 1.29 is 9.21 Å². The Bertz CT molecular complexity index is 547. The third-order valence-electron chi connectivity index (χ3n) is 4.28. The second-order valence-corrected chi connectivity index (χ2v) is 6.36. The molecule has 0 bridgehead atoms. The van der Waals surface area contributed by atoms with Crippen LogP contribution >= 0.6 is 0 Å². The molecule has 2 rings (SSSR count). The van der Waals surface area contributed by atoms with Crippen molar-refractivity contribution in [2.45, 2.75) is 45.6 Å². The van der Waals surface area contributed by atoms with Crippen LogP contribution in [0.4, 0.5) is 0 Å². The standard InChI is InChI=1S/C18H31N5O2/c1-2-20-18(22-14-15-8-9-16(25-15)17(19)24)21-10-7-13-23-11-5-3-4-6-12-23/h8-9H,2-7,10-14H2,1H3,(H2,19,24)(H2,20,21,22). The highest BCUT2D eigenvalue weighted by Gasteiger charge is 2.09. The number of nitrogens with one attached hydrogen (secondary N) is 2. The zero-order valence-electron chi connectivity index (χ0n) is 15.2. The third kappa shape index (κ3) is 7.17. The number of hydrogen-bond acceptors (Lipinski definition) is 4. The molecule has 2 heterocycles. The van der Waals surface area contributed by atoms with Gasteiger partial charge in [-0.05, 0) is 58.0 Å². The minimum atomic E-state index is -0.561. The van der Waals surface area contributed by atoms with Crippen LogP contribution in [0.3, 0.4) is 0 Å². The Morgan fingerprint density at radius 1 is 1.24 bits per heavy atom. The number of hydrogen-bond donors (Lipinski definition) is 3. The molecule has 1 aromatic heterocycles. The quantitative estimate of drug-likeness (QED) is 0.377. The maximum absolute atomic E-state index is 11.0.